The molecule has 0 aromatic heterocycles. The first-order valence-corrected chi connectivity index (χ1v) is 12.5. The quantitative estimate of drug-likeness (QED) is 0.399. The molecule has 4 unspecified atom stereocenters. The second kappa shape index (κ2) is 7.71. The summed E-state index contributed by atoms with van der Waals surface area (Å²) in [6.45, 7) is 9.30. The van der Waals surface area contributed by atoms with E-state index in [0.29, 0.717) is 16.7 Å². The Morgan fingerprint density at radius 1 is 1.14 bits per heavy atom. The van der Waals surface area contributed by atoms with Crippen molar-refractivity contribution in [3.8, 4) is 6.07 Å². The molecule has 162 valence electrons. The van der Waals surface area contributed by atoms with Crippen LogP contribution < -0.4 is 0 Å². The highest BCUT2D eigenvalue weighted by atomic mass is 16.3. The summed E-state index contributed by atoms with van der Waals surface area (Å²) in [6, 6.07) is 2.46. The van der Waals surface area contributed by atoms with Gasteiger partial charge < -0.3 is 5.11 Å². The predicted molar refractivity (Wildman–Crippen MR) is 119 cm³/mol. The van der Waals surface area contributed by atoms with Crippen LogP contribution in [0.1, 0.15) is 105 Å². The number of hydrogen-bond acceptors (Lipinski definition) is 2. The normalized spacial score (nSPS) is 44.3. The topological polar surface area (TPSA) is 44.0 Å². The third kappa shape index (κ3) is 3.71. The molecule has 0 heterocycles. The van der Waals surface area contributed by atoms with E-state index in [-0.39, 0.29) is 11.5 Å². The van der Waals surface area contributed by atoms with Gasteiger partial charge in [-0.25, -0.2) is 0 Å². The van der Waals surface area contributed by atoms with Gasteiger partial charge in [-0.3, -0.25) is 0 Å². The van der Waals surface area contributed by atoms with Crippen LogP contribution in [0.2, 0.25) is 0 Å². The molecule has 0 radical (unpaired) electrons. The maximum atomic E-state index is 10.2. The number of aliphatic hydroxyl groups excluding tert-OH is 1. The SMILES string of the molecule is CC(C)(C#N)CCCCC1CCC2[C@@H]3CCC4CC(O)CC[C@]4(C)C3=CC[C@]12C. The molecule has 29 heavy (non-hydrogen) atoms. The molecular weight excluding hydrogens is 354 g/mol. The van der Waals surface area contributed by atoms with Gasteiger partial charge in [0, 0.05) is 0 Å². The Hall–Kier alpha value is -0.810. The molecule has 7 atom stereocenters. The van der Waals surface area contributed by atoms with Gasteiger partial charge in [-0.2, -0.15) is 5.26 Å². The van der Waals surface area contributed by atoms with Gasteiger partial charge in [0.2, 0.25) is 0 Å². The highest BCUT2D eigenvalue weighted by Crippen LogP contribution is 2.65. The van der Waals surface area contributed by atoms with Gasteiger partial charge in [-0.15, -0.1) is 0 Å². The second-order valence-electron chi connectivity index (χ2n) is 12.2. The number of unbranched alkanes of at least 4 members (excludes halogenated alkanes) is 1. The standard InChI is InChI=1S/C27H43NO/c1-25(2,18-28)14-6-5-7-19-9-11-23-22-10-8-20-17-21(29)12-15-27(20,4)24(22)13-16-26(19,23)3/h13,19-23,29H,5-12,14-17H2,1-4H3/t19?,20?,21?,22-,23?,26+,27-/m0/s1. The van der Waals surface area contributed by atoms with Crippen molar-refractivity contribution in [2.75, 3.05) is 0 Å². The van der Waals surface area contributed by atoms with Crippen molar-refractivity contribution in [3.05, 3.63) is 11.6 Å². The third-order valence-corrected chi connectivity index (χ3v) is 10.1. The van der Waals surface area contributed by atoms with Crippen LogP contribution in [-0.2, 0) is 0 Å². The van der Waals surface area contributed by atoms with E-state index in [0.717, 1.165) is 37.0 Å². The highest BCUT2D eigenvalue weighted by Gasteiger charge is 2.56. The summed E-state index contributed by atoms with van der Waals surface area (Å²) in [5.74, 6) is 3.27. The summed E-state index contributed by atoms with van der Waals surface area (Å²) in [5, 5.41) is 19.5. The molecule has 0 spiro atoms. The minimum atomic E-state index is -0.160. The number of fused-ring (bicyclic) bond motifs is 5. The fourth-order valence-corrected chi connectivity index (χ4v) is 8.09. The van der Waals surface area contributed by atoms with E-state index in [9.17, 15) is 10.4 Å². The molecule has 0 amide bonds. The van der Waals surface area contributed by atoms with Crippen LogP contribution in [0.5, 0.6) is 0 Å². The van der Waals surface area contributed by atoms with Gasteiger partial charge in [0.05, 0.1) is 17.6 Å². The molecule has 1 N–H and O–H groups in total. The van der Waals surface area contributed by atoms with Crippen LogP contribution in [-0.4, -0.2) is 11.2 Å². The second-order valence-corrected chi connectivity index (χ2v) is 12.2. The van der Waals surface area contributed by atoms with E-state index in [4.69, 9.17) is 0 Å². The van der Waals surface area contributed by atoms with Crippen molar-refractivity contribution in [2.45, 2.75) is 111 Å². The Kier molecular flexibility index (Phi) is 5.69. The molecule has 0 aromatic carbocycles. The maximum Gasteiger partial charge on any atom is 0.0683 e. The Balaban J connectivity index is 1.44. The Labute approximate surface area is 179 Å². The molecule has 0 aliphatic heterocycles. The molecular formula is C27H43NO. The molecule has 4 rings (SSSR count). The number of hydrogen-bond donors (Lipinski definition) is 1. The fraction of sp³-hybridized carbons (Fsp3) is 0.889. The van der Waals surface area contributed by atoms with Crippen molar-refractivity contribution >= 4 is 0 Å². The van der Waals surface area contributed by atoms with Gasteiger partial charge in [0.1, 0.15) is 0 Å². The Morgan fingerprint density at radius 2 is 1.93 bits per heavy atom. The number of nitriles is 1. The maximum absolute atomic E-state index is 10.2. The van der Waals surface area contributed by atoms with Crippen molar-refractivity contribution in [2.24, 2.45) is 39.9 Å². The summed E-state index contributed by atoms with van der Waals surface area (Å²) in [4.78, 5) is 0. The predicted octanol–water partition coefficient (Wildman–Crippen LogP) is 7.04. The summed E-state index contributed by atoms with van der Waals surface area (Å²) in [6.07, 6.45) is 17.6. The summed E-state index contributed by atoms with van der Waals surface area (Å²) >= 11 is 0. The largest absolute Gasteiger partial charge is 0.393 e. The van der Waals surface area contributed by atoms with E-state index in [1.54, 1.807) is 5.57 Å². The van der Waals surface area contributed by atoms with Crippen LogP contribution in [0.4, 0.5) is 0 Å². The van der Waals surface area contributed by atoms with E-state index < -0.39 is 0 Å². The zero-order valence-electron chi connectivity index (χ0n) is 19.3. The first-order valence-electron chi connectivity index (χ1n) is 12.5. The number of allylic oxidation sites excluding steroid dienone is 2. The zero-order valence-corrected chi connectivity index (χ0v) is 19.3. The van der Waals surface area contributed by atoms with Gasteiger partial charge >= 0.3 is 0 Å². The number of nitrogens with zero attached hydrogens (tertiary/aromatic N) is 1. The van der Waals surface area contributed by atoms with Crippen LogP contribution in [0.15, 0.2) is 11.6 Å². The first kappa shape index (κ1) is 21.4. The minimum Gasteiger partial charge on any atom is -0.393 e. The smallest absolute Gasteiger partial charge is 0.0683 e. The van der Waals surface area contributed by atoms with E-state index >= 15 is 0 Å². The molecule has 3 fully saturated rings. The first-order chi connectivity index (χ1) is 13.7. The van der Waals surface area contributed by atoms with E-state index in [1.807, 2.05) is 0 Å². The minimum absolute atomic E-state index is 0.0547. The molecule has 2 nitrogen and oxygen atoms in total. The lowest BCUT2D eigenvalue weighted by molar-refractivity contribution is -0.0126. The lowest BCUT2D eigenvalue weighted by Gasteiger charge is -2.56. The molecule has 0 bridgehead atoms. The molecule has 0 aromatic rings. The molecule has 4 aliphatic carbocycles. The number of rotatable bonds is 5. The third-order valence-electron chi connectivity index (χ3n) is 10.1. The fourth-order valence-electron chi connectivity index (χ4n) is 8.09. The monoisotopic (exact) mass is 397 g/mol. The lowest BCUT2D eigenvalue weighted by atomic mass is 9.48. The van der Waals surface area contributed by atoms with Gasteiger partial charge in [-0.05, 0) is 113 Å². The molecule has 3 saturated carbocycles. The summed E-state index contributed by atoms with van der Waals surface area (Å²) in [5.41, 5.74) is 2.51. The van der Waals surface area contributed by atoms with Gasteiger partial charge in [-0.1, -0.05) is 38.3 Å². The van der Waals surface area contributed by atoms with Crippen molar-refractivity contribution in [1.82, 2.24) is 0 Å². The summed E-state index contributed by atoms with van der Waals surface area (Å²) < 4.78 is 0. The highest BCUT2D eigenvalue weighted by molar-refractivity contribution is 5.28. The van der Waals surface area contributed by atoms with Gasteiger partial charge in [0.15, 0.2) is 0 Å². The molecule has 4 aliphatic rings. The van der Waals surface area contributed by atoms with Crippen LogP contribution in [0.25, 0.3) is 0 Å². The van der Waals surface area contributed by atoms with Crippen LogP contribution >= 0.6 is 0 Å². The average molecular weight is 398 g/mol. The Bertz CT molecular complexity index is 687. The molecule has 0 saturated heterocycles. The number of aliphatic hydroxyl groups is 1. The zero-order chi connectivity index (χ0) is 20.9. The van der Waals surface area contributed by atoms with E-state index in [1.165, 1.54) is 57.8 Å². The van der Waals surface area contributed by atoms with Crippen LogP contribution in [0, 0.1) is 51.2 Å². The van der Waals surface area contributed by atoms with Crippen molar-refractivity contribution in [1.29, 1.82) is 5.26 Å². The van der Waals surface area contributed by atoms with Gasteiger partial charge in [0.25, 0.3) is 0 Å². The Morgan fingerprint density at radius 3 is 2.69 bits per heavy atom. The summed E-state index contributed by atoms with van der Waals surface area (Å²) in [7, 11) is 0. The van der Waals surface area contributed by atoms with Crippen molar-refractivity contribution in [3.63, 3.8) is 0 Å². The molecule has 2 heteroatoms. The van der Waals surface area contributed by atoms with Crippen LogP contribution in [0.3, 0.4) is 0 Å². The van der Waals surface area contributed by atoms with Crippen molar-refractivity contribution < 1.29 is 5.11 Å². The average Bonchev–Trinajstić information content (AvgIpc) is 3.02. The lowest BCUT2D eigenvalue weighted by Crippen LogP contribution is -2.48. The van der Waals surface area contributed by atoms with E-state index in [2.05, 4.69) is 39.8 Å².